The van der Waals surface area contributed by atoms with E-state index in [-0.39, 0.29) is 29.2 Å². The maximum atomic E-state index is 13.5. The van der Waals surface area contributed by atoms with Gasteiger partial charge in [0.15, 0.2) is 0 Å². The summed E-state index contributed by atoms with van der Waals surface area (Å²) in [7, 11) is 2.08. The van der Waals surface area contributed by atoms with Crippen molar-refractivity contribution >= 4 is 35.9 Å². The molecular weight excluding hydrogens is 419 g/mol. The molecule has 1 aromatic carbocycles. The minimum atomic E-state index is -4.54. The monoisotopic (exact) mass is 451 g/mol. The Hall–Kier alpha value is -2.42. The summed E-state index contributed by atoms with van der Waals surface area (Å²) in [6, 6.07) is 2.39. The van der Waals surface area contributed by atoms with Crippen LogP contribution in [0.5, 0.6) is 0 Å². The number of nitrogens with one attached hydrogen (secondary N) is 1. The first-order chi connectivity index (χ1) is 15.1. The maximum absolute atomic E-state index is 13.5. The molecule has 176 valence electrons. The van der Waals surface area contributed by atoms with E-state index in [1.807, 2.05) is 11.8 Å². The second-order valence-corrected chi connectivity index (χ2v) is 8.90. The molecule has 2 fully saturated rings. The van der Waals surface area contributed by atoms with E-state index >= 15 is 0 Å². The van der Waals surface area contributed by atoms with Gasteiger partial charge in [0, 0.05) is 32.3 Å². The van der Waals surface area contributed by atoms with Crippen molar-refractivity contribution in [3.05, 3.63) is 17.7 Å². The molecule has 0 bridgehead atoms. The van der Waals surface area contributed by atoms with Crippen LogP contribution in [-0.4, -0.2) is 63.0 Å². The molecule has 3 rings (SSSR count). The van der Waals surface area contributed by atoms with Gasteiger partial charge in [-0.25, -0.2) is 0 Å². The lowest BCUT2D eigenvalue weighted by Gasteiger charge is -2.29. The van der Waals surface area contributed by atoms with Crippen molar-refractivity contribution in [2.45, 2.75) is 45.3 Å². The number of benzene rings is 1. The van der Waals surface area contributed by atoms with Crippen molar-refractivity contribution in [3.63, 3.8) is 0 Å². The molecule has 1 aromatic rings. The predicted octanol–water partition coefficient (Wildman–Crippen LogP) is 4.43. The number of halogens is 3. The van der Waals surface area contributed by atoms with Gasteiger partial charge in [-0.2, -0.15) is 13.2 Å². The number of rotatable bonds is 6. The predicted molar refractivity (Wildman–Crippen MR) is 123 cm³/mol. The number of carbonyl (C=O) groups is 1. The highest BCUT2D eigenvalue weighted by Crippen LogP contribution is 2.47. The lowest BCUT2D eigenvalue weighted by Crippen LogP contribution is -2.42. The van der Waals surface area contributed by atoms with Crippen molar-refractivity contribution < 1.29 is 18.0 Å². The van der Waals surface area contributed by atoms with Gasteiger partial charge in [0.25, 0.3) is 0 Å². The summed E-state index contributed by atoms with van der Waals surface area (Å²) in [6.07, 6.45) is -0.549. The fraction of sp³-hybridized carbons (Fsp3) is 0.609. The topological polar surface area (TPSA) is 60.3 Å². The van der Waals surface area contributed by atoms with Gasteiger partial charge >= 0.3 is 6.18 Å². The number of anilines is 1. The van der Waals surface area contributed by atoms with Crippen LogP contribution in [0, 0.1) is 11.8 Å². The quantitative estimate of drug-likeness (QED) is 0.651. The van der Waals surface area contributed by atoms with Crippen LogP contribution in [0.2, 0.25) is 0 Å². The molecule has 1 N–H and O–H groups in total. The van der Waals surface area contributed by atoms with E-state index in [0.29, 0.717) is 31.1 Å². The molecule has 1 unspecified atom stereocenters. The first-order valence-corrected chi connectivity index (χ1v) is 11.1. The Morgan fingerprint density at radius 2 is 2.03 bits per heavy atom. The fourth-order valence-electron chi connectivity index (χ4n) is 4.79. The highest BCUT2D eigenvalue weighted by atomic mass is 19.4. The molecule has 32 heavy (non-hydrogen) atoms. The van der Waals surface area contributed by atoms with Crippen LogP contribution < -0.4 is 10.2 Å². The van der Waals surface area contributed by atoms with Crippen LogP contribution >= 0.6 is 0 Å². The molecule has 2 aliphatic heterocycles. The normalized spacial score (nSPS) is 24.8. The third-order valence-corrected chi connectivity index (χ3v) is 6.35. The summed E-state index contributed by atoms with van der Waals surface area (Å²) >= 11 is 0. The van der Waals surface area contributed by atoms with E-state index in [4.69, 9.17) is 0 Å². The minimum Gasteiger partial charge on any atom is -0.367 e. The van der Waals surface area contributed by atoms with E-state index in [2.05, 4.69) is 34.0 Å². The Balaban J connectivity index is 1.75. The molecule has 6 nitrogen and oxygen atoms in total. The molecule has 0 aromatic heterocycles. The highest BCUT2D eigenvalue weighted by Gasteiger charge is 2.37. The summed E-state index contributed by atoms with van der Waals surface area (Å²) in [5.74, 6) is 0.545. The zero-order valence-corrected chi connectivity index (χ0v) is 19.0. The van der Waals surface area contributed by atoms with Gasteiger partial charge in [0.1, 0.15) is 11.4 Å². The van der Waals surface area contributed by atoms with Crippen LogP contribution in [0.4, 0.5) is 30.2 Å². The summed E-state index contributed by atoms with van der Waals surface area (Å²) in [4.78, 5) is 24.7. The number of hydrogen-bond donors (Lipinski definition) is 1. The average molecular weight is 452 g/mol. The van der Waals surface area contributed by atoms with Crippen LogP contribution in [0.3, 0.4) is 0 Å². The Kier molecular flexibility index (Phi) is 7.59. The first-order valence-electron chi connectivity index (χ1n) is 11.1. The van der Waals surface area contributed by atoms with Crippen molar-refractivity contribution in [3.8, 4) is 0 Å². The number of piperidine rings is 1. The summed E-state index contributed by atoms with van der Waals surface area (Å²) < 4.78 is 40.4. The molecule has 3 atom stereocenters. The summed E-state index contributed by atoms with van der Waals surface area (Å²) in [5.41, 5.74) is -0.404. The van der Waals surface area contributed by atoms with Crippen molar-refractivity contribution in [1.29, 1.82) is 0 Å². The second kappa shape index (κ2) is 10.0. The number of likely N-dealkylation sites (tertiary alicyclic amines) is 1. The van der Waals surface area contributed by atoms with Crippen molar-refractivity contribution in [2.75, 3.05) is 38.1 Å². The molecule has 0 aliphatic carbocycles. The second-order valence-electron chi connectivity index (χ2n) is 8.90. The first kappa shape index (κ1) is 24.2. The van der Waals surface area contributed by atoms with Gasteiger partial charge in [-0.05, 0) is 64.0 Å². The highest BCUT2D eigenvalue weighted by molar-refractivity contribution is 5.85. The molecule has 9 heteroatoms. The molecule has 2 heterocycles. The third kappa shape index (κ3) is 5.49. The molecule has 0 spiro atoms. The van der Waals surface area contributed by atoms with Gasteiger partial charge in [0.2, 0.25) is 5.91 Å². The number of carbonyl (C=O) groups excluding carboxylic acids is 1. The smallest absolute Gasteiger partial charge is 0.367 e. The van der Waals surface area contributed by atoms with Crippen molar-refractivity contribution in [1.82, 2.24) is 10.2 Å². The van der Waals surface area contributed by atoms with E-state index in [1.165, 1.54) is 12.3 Å². The fourth-order valence-corrected chi connectivity index (χ4v) is 4.79. The number of amides is 1. The summed E-state index contributed by atoms with van der Waals surface area (Å²) in [5, 5.41) is 3.15. The Bertz CT molecular complexity index is 870. The SMILES string of the molecule is C=Nc1c(N2C[C@@H](C)[C@@H](NC(=O)CC3CCCN(C)C3)C2)ccc(C(F)(F)F)c1/N=C\C. The Morgan fingerprint density at radius 1 is 1.28 bits per heavy atom. The molecule has 0 radical (unpaired) electrons. The van der Waals surface area contributed by atoms with E-state index in [0.717, 1.165) is 32.0 Å². The van der Waals surface area contributed by atoms with Gasteiger partial charge in [-0.3, -0.25) is 14.8 Å². The van der Waals surface area contributed by atoms with E-state index in [1.54, 1.807) is 6.92 Å². The Labute approximate surface area is 187 Å². The van der Waals surface area contributed by atoms with E-state index in [9.17, 15) is 18.0 Å². The average Bonchev–Trinajstić information content (AvgIpc) is 3.07. The standard InChI is InChI=1S/C23H32F3N5O/c1-5-28-21-17(23(24,25)26)8-9-19(22(21)27-3)31-12-15(2)18(14-31)29-20(32)11-16-7-6-10-30(4)13-16/h5,8-9,15-16,18H,3,6-7,10-14H2,1-2,4H3,(H,29,32)/b28-5-/t15-,16?,18+/m1/s1. The number of hydrogen-bond acceptors (Lipinski definition) is 5. The lowest BCUT2D eigenvalue weighted by molar-refractivity contribution is -0.137. The van der Waals surface area contributed by atoms with Crippen LogP contribution in [-0.2, 0) is 11.0 Å². The zero-order chi connectivity index (χ0) is 23.5. The Morgan fingerprint density at radius 3 is 2.66 bits per heavy atom. The molecule has 2 aliphatic rings. The number of alkyl halides is 3. The van der Waals surface area contributed by atoms with Crippen LogP contribution in [0.1, 0.15) is 38.7 Å². The summed E-state index contributed by atoms with van der Waals surface area (Å²) in [6.45, 7) is 10.2. The largest absolute Gasteiger partial charge is 0.418 e. The molecule has 2 saturated heterocycles. The van der Waals surface area contributed by atoms with Gasteiger partial charge in [-0.1, -0.05) is 6.92 Å². The van der Waals surface area contributed by atoms with Gasteiger partial charge < -0.3 is 15.1 Å². The molecular formula is C23H32F3N5O. The molecule has 1 amide bonds. The van der Waals surface area contributed by atoms with Crippen LogP contribution in [0.15, 0.2) is 22.1 Å². The number of aliphatic imine (C=N–C) groups is 2. The number of nitrogens with zero attached hydrogens (tertiary/aromatic N) is 4. The molecule has 0 saturated carbocycles. The minimum absolute atomic E-state index is 0.0368. The van der Waals surface area contributed by atoms with Crippen molar-refractivity contribution in [2.24, 2.45) is 21.8 Å². The maximum Gasteiger partial charge on any atom is 0.418 e. The van der Waals surface area contributed by atoms with E-state index < -0.39 is 11.7 Å². The third-order valence-electron chi connectivity index (χ3n) is 6.35. The van der Waals surface area contributed by atoms with Gasteiger partial charge in [-0.15, -0.1) is 0 Å². The van der Waals surface area contributed by atoms with Gasteiger partial charge in [0.05, 0.1) is 17.3 Å². The van der Waals surface area contributed by atoms with Crippen LogP contribution in [0.25, 0.3) is 0 Å². The lowest BCUT2D eigenvalue weighted by atomic mass is 9.94. The zero-order valence-electron chi connectivity index (χ0n) is 19.0.